The summed E-state index contributed by atoms with van der Waals surface area (Å²) in [6.45, 7) is 5.65. The molecule has 1 radical (unpaired) electrons. The molecule has 0 aromatic carbocycles. The molecule has 0 N–H and O–H groups in total. The van der Waals surface area contributed by atoms with E-state index in [1.165, 1.54) is 19.3 Å². The van der Waals surface area contributed by atoms with Crippen LogP contribution >= 0.6 is 0 Å². The molecule has 1 fully saturated rings. The topological polar surface area (TPSA) is 20.3 Å². The van der Waals surface area contributed by atoms with Gasteiger partial charge in [0.2, 0.25) is 0 Å². The molecular weight excluding hydrogens is 162 g/mol. The molecular formula is C11H16NO. The second kappa shape index (κ2) is 5.77. The van der Waals surface area contributed by atoms with Crippen LogP contribution in [0.3, 0.4) is 0 Å². The fourth-order valence-corrected chi connectivity index (χ4v) is 1.58. The predicted octanol–water partition coefficient (Wildman–Crippen LogP) is 1.27. The number of aldehydes is 1. The van der Waals surface area contributed by atoms with Gasteiger partial charge in [-0.25, -0.2) is 0 Å². The average molecular weight is 178 g/mol. The quantitative estimate of drug-likeness (QED) is 0.469. The minimum atomic E-state index is -0.193. The Balaban J connectivity index is 2.48. The highest BCUT2D eigenvalue weighted by Gasteiger charge is 2.17. The van der Waals surface area contributed by atoms with E-state index in [1.54, 1.807) is 0 Å². The second-order valence-corrected chi connectivity index (χ2v) is 3.25. The molecule has 2 nitrogen and oxygen atoms in total. The maximum atomic E-state index is 10.7. The van der Waals surface area contributed by atoms with Crippen LogP contribution in [0.4, 0.5) is 0 Å². The summed E-state index contributed by atoms with van der Waals surface area (Å²) >= 11 is 0. The van der Waals surface area contributed by atoms with E-state index in [-0.39, 0.29) is 6.04 Å². The van der Waals surface area contributed by atoms with Crippen molar-refractivity contribution in [3.05, 3.63) is 6.92 Å². The summed E-state index contributed by atoms with van der Waals surface area (Å²) in [7, 11) is 0. The Morgan fingerprint density at radius 1 is 1.38 bits per heavy atom. The summed E-state index contributed by atoms with van der Waals surface area (Å²) in [5.74, 6) is 5.80. The van der Waals surface area contributed by atoms with Gasteiger partial charge in [-0.1, -0.05) is 12.3 Å². The smallest absolute Gasteiger partial charge is 0.149 e. The molecule has 1 atom stereocenters. The van der Waals surface area contributed by atoms with E-state index in [0.29, 0.717) is 6.42 Å². The van der Waals surface area contributed by atoms with E-state index in [4.69, 9.17) is 0 Å². The highest BCUT2D eigenvalue weighted by molar-refractivity contribution is 5.63. The van der Waals surface area contributed by atoms with Gasteiger partial charge in [-0.15, -0.1) is 5.92 Å². The number of nitrogens with zero attached hydrogens (tertiary/aromatic N) is 1. The number of hydrogen-bond donors (Lipinski definition) is 0. The molecule has 71 valence electrons. The van der Waals surface area contributed by atoms with Crippen LogP contribution in [0.25, 0.3) is 0 Å². The van der Waals surface area contributed by atoms with Gasteiger partial charge in [-0.05, 0) is 32.9 Å². The minimum absolute atomic E-state index is 0.193. The van der Waals surface area contributed by atoms with Gasteiger partial charge >= 0.3 is 0 Å². The Labute approximate surface area is 80.3 Å². The van der Waals surface area contributed by atoms with Crippen molar-refractivity contribution in [3.8, 4) is 11.8 Å². The average Bonchev–Trinajstić information content (AvgIpc) is 2.21. The number of hydrogen-bond acceptors (Lipinski definition) is 2. The van der Waals surface area contributed by atoms with Crippen molar-refractivity contribution in [2.24, 2.45) is 0 Å². The summed E-state index contributed by atoms with van der Waals surface area (Å²) < 4.78 is 0. The lowest BCUT2D eigenvalue weighted by molar-refractivity contribution is -0.111. The molecule has 1 rings (SSSR count). The van der Waals surface area contributed by atoms with Gasteiger partial charge in [0.05, 0.1) is 0 Å². The largest absolute Gasteiger partial charge is 0.301 e. The molecule has 0 aliphatic carbocycles. The first kappa shape index (κ1) is 10.3. The molecule has 0 spiro atoms. The number of piperidine rings is 1. The lowest BCUT2D eigenvalue weighted by atomic mass is 10.1. The van der Waals surface area contributed by atoms with Crippen molar-refractivity contribution in [1.82, 2.24) is 4.90 Å². The van der Waals surface area contributed by atoms with E-state index < -0.39 is 0 Å². The third-order valence-electron chi connectivity index (χ3n) is 2.29. The molecule has 0 bridgehead atoms. The zero-order chi connectivity index (χ0) is 9.52. The van der Waals surface area contributed by atoms with Crippen LogP contribution in [0.1, 0.15) is 25.7 Å². The standard InChI is InChI=1S/C11H16NO/c1-2-3-7-11(10-13)12-8-5-4-6-9-12/h10-11H,1-2,4-6,8-9H2. The number of carbonyl (C=O) groups excluding carboxylic acids is 1. The van der Waals surface area contributed by atoms with E-state index in [0.717, 1.165) is 19.4 Å². The van der Waals surface area contributed by atoms with E-state index >= 15 is 0 Å². The summed E-state index contributed by atoms with van der Waals surface area (Å²) in [6, 6.07) is -0.193. The zero-order valence-electron chi connectivity index (χ0n) is 7.96. The van der Waals surface area contributed by atoms with Crippen LogP contribution in [0.15, 0.2) is 0 Å². The summed E-state index contributed by atoms with van der Waals surface area (Å²) in [6.07, 6.45) is 5.18. The van der Waals surface area contributed by atoms with Gasteiger partial charge in [-0.2, -0.15) is 0 Å². The summed E-state index contributed by atoms with van der Waals surface area (Å²) in [4.78, 5) is 12.9. The lowest BCUT2D eigenvalue weighted by Crippen LogP contribution is -2.39. The zero-order valence-corrected chi connectivity index (χ0v) is 7.96. The molecule has 0 amide bonds. The number of rotatable bonds is 2. The molecule has 0 saturated carbocycles. The van der Waals surface area contributed by atoms with Crippen LogP contribution in [-0.2, 0) is 4.79 Å². The van der Waals surface area contributed by atoms with Crippen LogP contribution < -0.4 is 0 Å². The molecule has 0 aromatic heterocycles. The van der Waals surface area contributed by atoms with Gasteiger partial charge in [0.25, 0.3) is 0 Å². The Hall–Kier alpha value is -0.810. The van der Waals surface area contributed by atoms with Gasteiger partial charge in [0, 0.05) is 6.42 Å². The SMILES string of the molecule is [CH2]CC#CC(C=O)N1CCCCC1. The van der Waals surface area contributed by atoms with Crippen LogP contribution in [0.5, 0.6) is 0 Å². The van der Waals surface area contributed by atoms with Gasteiger partial charge in [-0.3, -0.25) is 4.90 Å². The summed E-state index contributed by atoms with van der Waals surface area (Å²) in [5.41, 5.74) is 0. The van der Waals surface area contributed by atoms with E-state index in [1.807, 2.05) is 0 Å². The van der Waals surface area contributed by atoms with Crippen LogP contribution in [0.2, 0.25) is 0 Å². The normalized spacial score (nSPS) is 20.1. The second-order valence-electron chi connectivity index (χ2n) is 3.25. The first-order valence-corrected chi connectivity index (χ1v) is 4.85. The Bertz CT molecular complexity index is 208. The molecule has 1 unspecified atom stereocenters. The molecule has 1 heterocycles. The Morgan fingerprint density at radius 3 is 2.62 bits per heavy atom. The minimum Gasteiger partial charge on any atom is -0.301 e. The fraction of sp³-hybridized carbons (Fsp3) is 0.636. The van der Waals surface area contributed by atoms with Gasteiger partial charge < -0.3 is 4.79 Å². The number of likely N-dealkylation sites (tertiary alicyclic amines) is 1. The van der Waals surface area contributed by atoms with E-state index in [2.05, 4.69) is 23.7 Å². The molecule has 13 heavy (non-hydrogen) atoms. The first-order chi connectivity index (χ1) is 6.38. The third kappa shape index (κ3) is 3.20. The lowest BCUT2D eigenvalue weighted by Gasteiger charge is -2.28. The number of carbonyl (C=O) groups is 1. The maximum absolute atomic E-state index is 10.7. The Morgan fingerprint density at radius 2 is 2.08 bits per heavy atom. The molecule has 1 aliphatic heterocycles. The maximum Gasteiger partial charge on any atom is 0.149 e. The molecule has 2 heteroatoms. The third-order valence-corrected chi connectivity index (χ3v) is 2.29. The summed E-state index contributed by atoms with van der Waals surface area (Å²) in [5, 5.41) is 0. The van der Waals surface area contributed by atoms with Gasteiger partial charge in [0.1, 0.15) is 12.3 Å². The van der Waals surface area contributed by atoms with Crippen molar-refractivity contribution in [2.75, 3.05) is 13.1 Å². The highest BCUT2D eigenvalue weighted by atomic mass is 16.1. The molecule has 0 aromatic rings. The molecule has 1 saturated heterocycles. The fourth-order valence-electron chi connectivity index (χ4n) is 1.58. The molecule has 1 aliphatic rings. The van der Waals surface area contributed by atoms with Crippen molar-refractivity contribution in [3.63, 3.8) is 0 Å². The Kier molecular flexibility index (Phi) is 4.56. The predicted molar refractivity (Wildman–Crippen MR) is 53.0 cm³/mol. The van der Waals surface area contributed by atoms with E-state index in [9.17, 15) is 4.79 Å². The van der Waals surface area contributed by atoms with Crippen LogP contribution in [-0.4, -0.2) is 30.3 Å². The van der Waals surface area contributed by atoms with Crippen molar-refractivity contribution >= 4 is 6.29 Å². The first-order valence-electron chi connectivity index (χ1n) is 4.85. The monoisotopic (exact) mass is 178 g/mol. The van der Waals surface area contributed by atoms with Gasteiger partial charge in [0.15, 0.2) is 0 Å². The van der Waals surface area contributed by atoms with Crippen molar-refractivity contribution in [1.29, 1.82) is 0 Å². The van der Waals surface area contributed by atoms with Crippen molar-refractivity contribution in [2.45, 2.75) is 31.7 Å². The highest BCUT2D eigenvalue weighted by Crippen LogP contribution is 2.10. The van der Waals surface area contributed by atoms with Crippen molar-refractivity contribution < 1.29 is 4.79 Å². The van der Waals surface area contributed by atoms with Crippen LogP contribution in [0, 0.1) is 18.8 Å².